The van der Waals surface area contributed by atoms with E-state index in [2.05, 4.69) is 0 Å². The average Bonchev–Trinajstić information content (AvgIpc) is 2.16. The SMILES string of the molecule is CC1(CF)CC(O)(CF)CC(O)(CF)O1. The van der Waals surface area contributed by atoms with Crippen LogP contribution in [-0.4, -0.2) is 47.2 Å². The summed E-state index contributed by atoms with van der Waals surface area (Å²) in [5, 5.41) is 19.2. The van der Waals surface area contributed by atoms with Gasteiger partial charge in [-0.25, -0.2) is 13.2 Å². The van der Waals surface area contributed by atoms with Crippen LogP contribution in [0.15, 0.2) is 0 Å². The molecule has 1 fully saturated rings. The Bertz CT molecular complexity index is 191. The van der Waals surface area contributed by atoms with Gasteiger partial charge in [-0.2, -0.15) is 0 Å². The van der Waals surface area contributed by atoms with E-state index >= 15 is 0 Å². The van der Waals surface area contributed by atoms with Crippen LogP contribution in [0.1, 0.15) is 19.8 Å². The second-order valence-electron chi connectivity index (χ2n) is 4.48. The summed E-state index contributed by atoms with van der Waals surface area (Å²) >= 11 is 0. The number of rotatable bonds is 3. The molecule has 0 bridgehead atoms. The molecule has 2 N–H and O–H groups in total. The molecule has 0 aromatic heterocycles. The van der Waals surface area contributed by atoms with Gasteiger partial charge in [0.2, 0.25) is 0 Å². The van der Waals surface area contributed by atoms with Gasteiger partial charge in [0.1, 0.15) is 31.2 Å². The van der Waals surface area contributed by atoms with E-state index in [1.165, 1.54) is 6.92 Å². The lowest BCUT2D eigenvalue weighted by Crippen LogP contribution is -2.60. The largest absolute Gasteiger partial charge is 0.387 e. The lowest BCUT2D eigenvalue weighted by atomic mass is 9.81. The first-order chi connectivity index (χ1) is 6.80. The van der Waals surface area contributed by atoms with Gasteiger partial charge in [-0.1, -0.05) is 0 Å². The minimum atomic E-state index is -2.31. The predicted octanol–water partition coefficient (Wildman–Crippen LogP) is 0.884. The van der Waals surface area contributed by atoms with Gasteiger partial charge in [0.25, 0.3) is 0 Å². The lowest BCUT2D eigenvalue weighted by Gasteiger charge is -2.47. The van der Waals surface area contributed by atoms with Crippen molar-refractivity contribution in [3.8, 4) is 0 Å². The zero-order valence-electron chi connectivity index (χ0n) is 8.47. The normalized spacial score (nSPS) is 46.8. The summed E-state index contributed by atoms with van der Waals surface area (Å²) in [5.74, 6) is -2.31. The van der Waals surface area contributed by atoms with E-state index in [1.807, 2.05) is 0 Å². The van der Waals surface area contributed by atoms with Crippen molar-refractivity contribution in [2.75, 3.05) is 20.0 Å². The van der Waals surface area contributed by atoms with E-state index in [9.17, 15) is 23.4 Å². The molecule has 0 aromatic rings. The maximum Gasteiger partial charge on any atom is 0.198 e. The summed E-state index contributed by atoms with van der Waals surface area (Å²) in [6, 6.07) is 0. The maximum atomic E-state index is 12.6. The van der Waals surface area contributed by atoms with Gasteiger partial charge in [0.05, 0.1) is 0 Å². The van der Waals surface area contributed by atoms with Crippen LogP contribution in [0.3, 0.4) is 0 Å². The van der Waals surface area contributed by atoms with Gasteiger partial charge in [-0.15, -0.1) is 0 Å². The van der Waals surface area contributed by atoms with Crippen molar-refractivity contribution in [3.05, 3.63) is 0 Å². The number of aliphatic hydroxyl groups is 2. The molecule has 1 saturated heterocycles. The van der Waals surface area contributed by atoms with Crippen molar-refractivity contribution >= 4 is 0 Å². The molecule has 90 valence electrons. The molecule has 0 saturated carbocycles. The van der Waals surface area contributed by atoms with E-state index in [-0.39, 0.29) is 6.42 Å². The molecule has 0 spiro atoms. The van der Waals surface area contributed by atoms with Crippen molar-refractivity contribution in [2.24, 2.45) is 0 Å². The minimum absolute atomic E-state index is 0.310. The molecule has 1 heterocycles. The van der Waals surface area contributed by atoms with Gasteiger partial charge in [0, 0.05) is 12.8 Å². The van der Waals surface area contributed by atoms with Crippen molar-refractivity contribution in [1.82, 2.24) is 0 Å². The summed E-state index contributed by atoms with van der Waals surface area (Å²) in [5.41, 5.74) is -3.49. The summed E-state index contributed by atoms with van der Waals surface area (Å²) in [6.45, 7) is -2.26. The van der Waals surface area contributed by atoms with Crippen LogP contribution >= 0.6 is 0 Å². The first kappa shape index (κ1) is 12.7. The number of alkyl halides is 3. The zero-order valence-corrected chi connectivity index (χ0v) is 8.47. The Morgan fingerprint density at radius 1 is 1.07 bits per heavy atom. The molecule has 1 aliphatic rings. The van der Waals surface area contributed by atoms with E-state index in [4.69, 9.17) is 4.74 Å². The molecule has 3 atom stereocenters. The third-order valence-electron chi connectivity index (χ3n) is 2.48. The van der Waals surface area contributed by atoms with Crippen molar-refractivity contribution < 1.29 is 28.1 Å². The molecule has 1 aliphatic heterocycles. The van der Waals surface area contributed by atoms with Gasteiger partial charge in [-0.3, -0.25) is 0 Å². The van der Waals surface area contributed by atoms with Crippen LogP contribution < -0.4 is 0 Å². The molecule has 1 rings (SSSR count). The molecular weight excluding hydrogens is 213 g/mol. The maximum absolute atomic E-state index is 12.6. The van der Waals surface area contributed by atoms with Crippen LogP contribution in [0.25, 0.3) is 0 Å². The molecule has 3 unspecified atom stereocenters. The van der Waals surface area contributed by atoms with Crippen LogP contribution in [0.4, 0.5) is 13.2 Å². The highest BCUT2D eigenvalue weighted by molar-refractivity contribution is 4.98. The number of hydrogen-bond acceptors (Lipinski definition) is 3. The van der Waals surface area contributed by atoms with E-state index in [0.717, 1.165) is 0 Å². The van der Waals surface area contributed by atoms with Crippen molar-refractivity contribution in [2.45, 2.75) is 36.8 Å². The van der Waals surface area contributed by atoms with Crippen LogP contribution in [0.2, 0.25) is 0 Å². The van der Waals surface area contributed by atoms with Gasteiger partial charge < -0.3 is 14.9 Å². The molecule has 6 heteroatoms. The van der Waals surface area contributed by atoms with Gasteiger partial charge in [0.15, 0.2) is 5.79 Å². The Morgan fingerprint density at radius 3 is 2.07 bits per heavy atom. The highest BCUT2D eigenvalue weighted by atomic mass is 19.1. The van der Waals surface area contributed by atoms with Crippen LogP contribution in [-0.2, 0) is 4.74 Å². The molecule has 0 radical (unpaired) electrons. The first-order valence-electron chi connectivity index (χ1n) is 4.63. The summed E-state index contributed by atoms with van der Waals surface area (Å²) in [7, 11) is 0. The Kier molecular flexibility index (Phi) is 3.33. The number of hydrogen-bond donors (Lipinski definition) is 2. The molecular formula is C9H15F3O3. The van der Waals surface area contributed by atoms with E-state index < -0.39 is 43.4 Å². The molecule has 0 aliphatic carbocycles. The van der Waals surface area contributed by atoms with Crippen LogP contribution in [0, 0.1) is 0 Å². The quantitative estimate of drug-likeness (QED) is 0.754. The summed E-state index contributed by atoms with van der Waals surface area (Å²) in [4.78, 5) is 0. The van der Waals surface area contributed by atoms with E-state index in [1.54, 1.807) is 0 Å². The second-order valence-corrected chi connectivity index (χ2v) is 4.48. The van der Waals surface area contributed by atoms with Crippen molar-refractivity contribution in [1.29, 1.82) is 0 Å². The molecule has 0 amide bonds. The number of halogens is 3. The Balaban J connectivity index is 2.92. The summed E-state index contributed by atoms with van der Waals surface area (Å²) < 4.78 is 42.5. The second kappa shape index (κ2) is 3.92. The zero-order chi connectivity index (χ0) is 11.7. The Labute approximate surface area is 85.9 Å². The third kappa shape index (κ3) is 2.62. The number of ether oxygens (including phenoxy) is 1. The molecule has 15 heavy (non-hydrogen) atoms. The highest BCUT2D eigenvalue weighted by Crippen LogP contribution is 2.40. The molecule has 3 nitrogen and oxygen atoms in total. The van der Waals surface area contributed by atoms with E-state index in [0.29, 0.717) is 0 Å². The van der Waals surface area contributed by atoms with Crippen molar-refractivity contribution in [3.63, 3.8) is 0 Å². The Morgan fingerprint density at radius 2 is 1.67 bits per heavy atom. The fourth-order valence-corrected chi connectivity index (χ4v) is 2.05. The minimum Gasteiger partial charge on any atom is -0.387 e. The molecule has 0 aromatic carbocycles. The standard InChI is InChI=1S/C9H15F3O3/c1-7(4-10)2-8(13,5-11)3-9(14,6-12)15-7/h13-14H,2-6H2,1H3. The highest BCUT2D eigenvalue weighted by Gasteiger charge is 2.53. The monoisotopic (exact) mass is 228 g/mol. The fraction of sp³-hybridized carbons (Fsp3) is 1.00. The van der Waals surface area contributed by atoms with Gasteiger partial charge in [-0.05, 0) is 6.92 Å². The lowest BCUT2D eigenvalue weighted by molar-refractivity contribution is -0.330. The van der Waals surface area contributed by atoms with Gasteiger partial charge >= 0.3 is 0 Å². The summed E-state index contributed by atoms with van der Waals surface area (Å²) in [6.07, 6.45) is -0.905. The third-order valence-corrected chi connectivity index (χ3v) is 2.48. The average molecular weight is 228 g/mol. The first-order valence-corrected chi connectivity index (χ1v) is 4.63. The predicted molar refractivity (Wildman–Crippen MR) is 46.5 cm³/mol. The Hall–Kier alpha value is -0.330. The fourth-order valence-electron chi connectivity index (χ4n) is 2.05. The van der Waals surface area contributed by atoms with Crippen LogP contribution in [0.5, 0.6) is 0 Å². The topological polar surface area (TPSA) is 49.7 Å². The smallest absolute Gasteiger partial charge is 0.198 e.